The number of ether oxygens (including phenoxy) is 1. The van der Waals surface area contributed by atoms with Crippen LogP contribution in [0.2, 0.25) is 0 Å². The molecule has 0 unspecified atom stereocenters. The van der Waals surface area contributed by atoms with Crippen molar-refractivity contribution >= 4 is 11.9 Å². The molecule has 2 aliphatic carbocycles. The van der Waals surface area contributed by atoms with E-state index in [1.165, 1.54) is 0 Å². The molecule has 1 fully saturated rings. The van der Waals surface area contributed by atoms with E-state index in [0.29, 0.717) is 24.9 Å². The van der Waals surface area contributed by atoms with Crippen LogP contribution in [0, 0.1) is 17.8 Å². The summed E-state index contributed by atoms with van der Waals surface area (Å²) in [4.78, 5) is 26.2. The monoisotopic (exact) mass is 313 g/mol. The van der Waals surface area contributed by atoms with Crippen molar-refractivity contribution in [3.63, 3.8) is 0 Å². The molecule has 2 bridgehead atoms. The third-order valence-electron chi connectivity index (χ3n) is 4.87. The number of hydrogen-bond donors (Lipinski definition) is 0. The van der Waals surface area contributed by atoms with Crippen LogP contribution in [0.5, 0.6) is 0 Å². The molecular formula is C19H23NO3. The third kappa shape index (κ3) is 3.63. The molecule has 0 heterocycles. The van der Waals surface area contributed by atoms with Crippen LogP contribution in [0.3, 0.4) is 0 Å². The molecule has 3 atom stereocenters. The highest BCUT2D eigenvalue weighted by atomic mass is 16.5. The lowest BCUT2D eigenvalue weighted by Crippen LogP contribution is -2.35. The normalized spacial score (nSPS) is 24.7. The number of benzene rings is 1. The lowest BCUT2D eigenvalue weighted by molar-refractivity contribution is -0.156. The van der Waals surface area contributed by atoms with Crippen LogP contribution in [0.4, 0.5) is 0 Å². The molecule has 0 aliphatic heterocycles. The maximum Gasteiger partial charge on any atom is 0.310 e. The second kappa shape index (κ2) is 6.99. The molecule has 3 rings (SSSR count). The molecule has 2 aliphatic rings. The lowest BCUT2D eigenvalue weighted by Gasteiger charge is -2.22. The second-order valence-electron chi connectivity index (χ2n) is 6.39. The fraction of sp³-hybridized carbons (Fsp3) is 0.474. The van der Waals surface area contributed by atoms with Gasteiger partial charge >= 0.3 is 5.97 Å². The molecule has 0 N–H and O–H groups in total. The van der Waals surface area contributed by atoms with Gasteiger partial charge < -0.3 is 9.64 Å². The summed E-state index contributed by atoms with van der Waals surface area (Å²) in [6.07, 6.45) is 6.24. The molecule has 1 aromatic rings. The van der Waals surface area contributed by atoms with Gasteiger partial charge in [0.2, 0.25) is 0 Å². The molecule has 0 saturated heterocycles. The van der Waals surface area contributed by atoms with Gasteiger partial charge in [0.1, 0.15) is 0 Å². The van der Waals surface area contributed by atoms with Gasteiger partial charge in [0.05, 0.1) is 5.92 Å². The standard InChI is InChI=1S/C19H23NO3/c1-2-20(12-14-6-4-3-5-7-14)18(21)13-23-19(22)17-11-15-8-9-16(17)10-15/h3-9,15-17H,2,10-13H2,1H3/t15-,16-,17-/m1/s1. The van der Waals surface area contributed by atoms with Crippen LogP contribution >= 0.6 is 0 Å². The molecule has 122 valence electrons. The Bertz CT molecular complexity index is 596. The van der Waals surface area contributed by atoms with Crippen LogP contribution < -0.4 is 0 Å². The van der Waals surface area contributed by atoms with Crippen molar-refractivity contribution in [3.05, 3.63) is 48.0 Å². The van der Waals surface area contributed by atoms with Crippen molar-refractivity contribution < 1.29 is 14.3 Å². The van der Waals surface area contributed by atoms with E-state index in [1.54, 1.807) is 4.90 Å². The number of amides is 1. The van der Waals surface area contributed by atoms with Crippen LogP contribution in [0.25, 0.3) is 0 Å². The quantitative estimate of drug-likeness (QED) is 0.599. The molecular weight excluding hydrogens is 290 g/mol. The van der Waals surface area contributed by atoms with Gasteiger partial charge in [0.25, 0.3) is 5.91 Å². The second-order valence-corrected chi connectivity index (χ2v) is 6.39. The molecule has 0 aromatic heterocycles. The summed E-state index contributed by atoms with van der Waals surface area (Å²) in [5, 5.41) is 0. The van der Waals surface area contributed by atoms with Crippen molar-refractivity contribution in [2.75, 3.05) is 13.2 Å². The van der Waals surface area contributed by atoms with E-state index in [1.807, 2.05) is 37.3 Å². The molecule has 4 nitrogen and oxygen atoms in total. The average Bonchev–Trinajstić information content (AvgIpc) is 3.21. The Morgan fingerprint density at radius 3 is 2.57 bits per heavy atom. The summed E-state index contributed by atoms with van der Waals surface area (Å²) >= 11 is 0. The van der Waals surface area contributed by atoms with E-state index in [9.17, 15) is 9.59 Å². The van der Waals surface area contributed by atoms with Gasteiger partial charge in [-0.2, -0.15) is 0 Å². The predicted octanol–water partition coefficient (Wildman–Crippen LogP) is 2.79. The topological polar surface area (TPSA) is 46.6 Å². The van der Waals surface area contributed by atoms with Crippen molar-refractivity contribution in [1.82, 2.24) is 4.90 Å². The minimum absolute atomic E-state index is 0.0537. The number of carbonyl (C=O) groups is 2. The van der Waals surface area contributed by atoms with E-state index >= 15 is 0 Å². The number of allylic oxidation sites excluding steroid dienone is 2. The Kier molecular flexibility index (Phi) is 4.79. The van der Waals surface area contributed by atoms with Crippen molar-refractivity contribution in [2.24, 2.45) is 17.8 Å². The number of hydrogen-bond acceptors (Lipinski definition) is 3. The van der Waals surface area contributed by atoms with Gasteiger partial charge in [-0.1, -0.05) is 42.5 Å². The number of esters is 1. The zero-order chi connectivity index (χ0) is 16.2. The molecule has 1 amide bonds. The van der Waals surface area contributed by atoms with E-state index < -0.39 is 0 Å². The first-order valence-corrected chi connectivity index (χ1v) is 8.34. The van der Waals surface area contributed by atoms with Crippen molar-refractivity contribution in [3.8, 4) is 0 Å². The van der Waals surface area contributed by atoms with E-state index in [-0.39, 0.29) is 24.4 Å². The number of rotatable bonds is 6. The first-order chi connectivity index (χ1) is 11.2. The number of fused-ring (bicyclic) bond motifs is 2. The van der Waals surface area contributed by atoms with Gasteiger partial charge in [0.15, 0.2) is 6.61 Å². The Balaban J connectivity index is 1.49. The number of nitrogens with zero attached hydrogens (tertiary/aromatic N) is 1. The zero-order valence-corrected chi connectivity index (χ0v) is 13.5. The highest BCUT2D eigenvalue weighted by Gasteiger charge is 2.40. The minimum atomic E-state index is -0.217. The van der Waals surface area contributed by atoms with Crippen LogP contribution in [-0.2, 0) is 20.9 Å². The fourth-order valence-electron chi connectivity index (χ4n) is 3.56. The van der Waals surface area contributed by atoms with Gasteiger partial charge in [-0.3, -0.25) is 9.59 Å². The molecule has 0 spiro atoms. The average molecular weight is 313 g/mol. The summed E-state index contributed by atoms with van der Waals surface area (Å²) in [6, 6.07) is 9.84. The molecule has 1 saturated carbocycles. The van der Waals surface area contributed by atoms with Crippen LogP contribution in [-0.4, -0.2) is 29.9 Å². The summed E-state index contributed by atoms with van der Waals surface area (Å²) < 4.78 is 5.30. The lowest BCUT2D eigenvalue weighted by atomic mass is 9.94. The predicted molar refractivity (Wildman–Crippen MR) is 87.3 cm³/mol. The van der Waals surface area contributed by atoms with Crippen molar-refractivity contribution in [1.29, 1.82) is 0 Å². The molecule has 4 heteroatoms. The van der Waals surface area contributed by atoms with Gasteiger partial charge in [-0.05, 0) is 37.2 Å². The molecule has 1 aromatic carbocycles. The molecule has 23 heavy (non-hydrogen) atoms. The smallest absolute Gasteiger partial charge is 0.310 e. The largest absolute Gasteiger partial charge is 0.455 e. The summed E-state index contributed by atoms with van der Waals surface area (Å²) in [6.45, 7) is 2.92. The van der Waals surface area contributed by atoms with Gasteiger partial charge in [-0.15, -0.1) is 0 Å². The van der Waals surface area contributed by atoms with Crippen LogP contribution in [0.1, 0.15) is 25.3 Å². The Morgan fingerprint density at radius 2 is 1.96 bits per heavy atom. The maximum atomic E-state index is 12.3. The summed E-state index contributed by atoms with van der Waals surface area (Å²) in [5.74, 6) is 0.434. The van der Waals surface area contributed by atoms with E-state index in [0.717, 1.165) is 18.4 Å². The fourth-order valence-corrected chi connectivity index (χ4v) is 3.56. The van der Waals surface area contributed by atoms with E-state index in [4.69, 9.17) is 4.74 Å². The Labute approximate surface area is 137 Å². The van der Waals surface area contributed by atoms with Gasteiger partial charge in [-0.25, -0.2) is 0 Å². The van der Waals surface area contributed by atoms with Crippen molar-refractivity contribution in [2.45, 2.75) is 26.3 Å². The highest BCUT2D eigenvalue weighted by molar-refractivity contribution is 5.81. The zero-order valence-electron chi connectivity index (χ0n) is 13.5. The first-order valence-electron chi connectivity index (χ1n) is 8.34. The molecule has 0 radical (unpaired) electrons. The number of likely N-dealkylation sites (N-methyl/N-ethyl adjacent to an activating group) is 1. The summed E-state index contributed by atoms with van der Waals surface area (Å²) in [7, 11) is 0. The van der Waals surface area contributed by atoms with E-state index in [2.05, 4.69) is 12.2 Å². The Morgan fingerprint density at radius 1 is 1.17 bits per heavy atom. The number of carbonyl (C=O) groups excluding carboxylic acids is 2. The first kappa shape index (κ1) is 15.8. The summed E-state index contributed by atoms with van der Waals surface area (Å²) in [5.41, 5.74) is 1.08. The van der Waals surface area contributed by atoms with Crippen LogP contribution in [0.15, 0.2) is 42.5 Å². The maximum absolute atomic E-state index is 12.3. The highest BCUT2D eigenvalue weighted by Crippen LogP contribution is 2.43. The Hall–Kier alpha value is -2.10. The minimum Gasteiger partial charge on any atom is -0.455 e. The van der Waals surface area contributed by atoms with Gasteiger partial charge in [0, 0.05) is 13.1 Å². The SMILES string of the molecule is CCN(Cc1ccccc1)C(=O)COC(=O)[C@@H]1C[C@@H]2C=C[C@@H]1C2. The third-order valence-corrected chi connectivity index (χ3v) is 4.87.